The summed E-state index contributed by atoms with van der Waals surface area (Å²) in [5.41, 5.74) is 12.2. The van der Waals surface area contributed by atoms with E-state index in [2.05, 4.69) is 25.8 Å². The summed E-state index contributed by atoms with van der Waals surface area (Å²) in [5, 5.41) is 13.5. The lowest BCUT2D eigenvalue weighted by Crippen LogP contribution is -2.37. The molecule has 0 saturated carbocycles. The first kappa shape index (κ1) is 20.9. The van der Waals surface area contributed by atoms with Crippen LogP contribution < -0.4 is 26.8 Å². The van der Waals surface area contributed by atoms with Crippen molar-refractivity contribution in [2.75, 3.05) is 17.7 Å². The lowest BCUT2D eigenvalue weighted by molar-refractivity contribution is -0.119. The van der Waals surface area contributed by atoms with Crippen molar-refractivity contribution in [1.29, 1.82) is 0 Å². The number of nitrogens with one attached hydrogen (secondary N) is 2. The van der Waals surface area contributed by atoms with Gasteiger partial charge in [-0.05, 0) is 43.0 Å². The van der Waals surface area contributed by atoms with Crippen LogP contribution in [0.4, 0.5) is 17.5 Å². The molecule has 0 radical (unpaired) electrons. The minimum Gasteiger partial charge on any atom is -0.496 e. The fourth-order valence-electron chi connectivity index (χ4n) is 2.61. The summed E-state index contributed by atoms with van der Waals surface area (Å²) in [6, 6.07) is 4.69. The number of primary amides is 2. The molecule has 0 bridgehead atoms. The lowest BCUT2D eigenvalue weighted by atomic mass is 10.0. The van der Waals surface area contributed by atoms with Crippen molar-refractivity contribution in [3.8, 4) is 5.75 Å². The molecule has 0 aliphatic carbocycles. The van der Waals surface area contributed by atoms with Crippen LogP contribution in [0.2, 0.25) is 0 Å². The molecule has 10 heteroatoms. The quantitative estimate of drug-likeness (QED) is 0.502. The fourth-order valence-corrected chi connectivity index (χ4v) is 2.61. The van der Waals surface area contributed by atoms with E-state index in [4.69, 9.17) is 16.2 Å². The first-order valence-corrected chi connectivity index (χ1v) is 8.73. The first-order valence-electron chi connectivity index (χ1n) is 8.73. The van der Waals surface area contributed by atoms with Crippen molar-refractivity contribution in [3.05, 3.63) is 29.5 Å². The molecule has 0 fully saturated rings. The Balaban J connectivity index is 2.33. The van der Waals surface area contributed by atoms with E-state index in [9.17, 15) is 9.59 Å². The van der Waals surface area contributed by atoms with Crippen molar-refractivity contribution in [1.82, 2.24) is 15.2 Å². The number of aromatic nitrogens is 3. The maximum absolute atomic E-state index is 11.7. The van der Waals surface area contributed by atoms with Crippen LogP contribution in [0, 0.1) is 12.8 Å². The molecule has 2 amide bonds. The van der Waals surface area contributed by atoms with Crippen LogP contribution in [0.15, 0.2) is 18.2 Å². The predicted molar refractivity (Wildman–Crippen MR) is 105 cm³/mol. The van der Waals surface area contributed by atoms with Gasteiger partial charge >= 0.3 is 0 Å². The Labute approximate surface area is 163 Å². The van der Waals surface area contributed by atoms with E-state index in [0.717, 1.165) is 11.3 Å². The van der Waals surface area contributed by atoms with E-state index < -0.39 is 17.9 Å². The number of benzene rings is 1. The van der Waals surface area contributed by atoms with Gasteiger partial charge in [0.15, 0.2) is 11.5 Å². The number of methoxy groups -OCH3 is 1. The van der Waals surface area contributed by atoms with Crippen LogP contribution in [-0.2, 0) is 4.79 Å². The topological polar surface area (TPSA) is 158 Å². The molecule has 0 unspecified atom stereocenters. The third-order valence-electron chi connectivity index (χ3n) is 3.93. The number of aryl methyl sites for hydroxylation is 1. The number of ether oxygens (including phenoxy) is 1. The van der Waals surface area contributed by atoms with Gasteiger partial charge in [-0.25, -0.2) is 0 Å². The zero-order valence-corrected chi connectivity index (χ0v) is 16.3. The lowest BCUT2D eigenvalue weighted by Gasteiger charge is -2.18. The highest BCUT2D eigenvalue weighted by atomic mass is 16.5. The van der Waals surface area contributed by atoms with Gasteiger partial charge in [-0.1, -0.05) is 13.8 Å². The summed E-state index contributed by atoms with van der Waals surface area (Å²) in [5.74, 6) is -0.196. The molecule has 0 aliphatic heterocycles. The fraction of sp³-hybridized carbons (Fsp3) is 0.389. The van der Waals surface area contributed by atoms with E-state index in [0.29, 0.717) is 12.1 Å². The molecule has 2 aromatic rings. The monoisotopic (exact) mass is 387 g/mol. The third kappa shape index (κ3) is 5.29. The van der Waals surface area contributed by atoms with Crippen LogP contribution in [0.25, 0.3) is 0 Å². The van der Waals surface area contributed by atoms with Crippen molar-refractivity contribution in [3.63, 3.8) is 0 Å². The maximum Gasteiger partial charge on any atom is 0.273 e. The number of rotatable bonds is 9. The van der Waals surface area contributed by atoms with Gasteiger partial charge < -0.3 is 26.8 Å². The summed E-state index contributed by atoms with van der Waals surface area (Å²) in [7, 11) is 1.58. The second kappa shape index (κ2) is 8.98. The molecule has 1 heterocycles. The van der Waals surface area contributed by atoms with E-state index in [1.54, 1.807) is 19.2 Å². The minimum absolute atomic E-state index is 0.0576. The smallest absolute Gasteiger partial charge is 0.273 e. The average molecular weight is 387 g/mol. The molecule has 1 aromatic carbocycles. The van der Waals surface area contributed by atoms with Crippen LogP contribution in [0.3, 0.4) is 0 Å². The van der Waals surface area contributed by atoms with Crippen LogP contribution in [0.5, 0.6) is 5.75 Å². The van der Waals surface area contributed by atoms with Crippen LogP contribution in [-0.4, -0.2) is 40.1 Å². The molecule has 28 heavy (non-hydrogen) atoms. The summed E-state index contributed by atoms with van der Waals surface area (Å²) in [4.78, 5) is 27.6. The number of amides is 2. The highest BCUT2D eigenvalue weighted by Gasteiger charge is 2.20. The molecule has 0 saturated heterocycles. The Bertz CT molecular complexity index is 870. The standard InChI is InChI=1S/C18H25N7O3/c1-9(2)7-12(15(19)26)22-18-23-17(14(16(20)27)24-25-18)21-11-5-6-13(28-4)10(3)8-11/h5-6,8-9,12H,7H2,1-4H3,(H2,19,26)(H2,20,27)(H2,21,22,23,25)/t12-/m1/s1. The van der Waals surface area contributed by atoms with Gasteiger partial charge in [-0.15, -0.1) is 10.2 Å². The van der Waals surface area contributed by atoms with E-state index >= 15 is 0 Å². The summed E-state index contributed by atoms with van der Waals surface area (Å²) < 4.78 is 5.24. The molecule has 0 spiro atoms. The molecular weight excluding hydrogens is 362 g/mol. The SMILES string of the molecule is COc1ccc(Nc2nc(N[C@H](CC(C)C)C(N)=O)nnc2C(N)=O)cc1C. The molecule has 2 rings (SSSR count). The Morgan fingerprint density at radius 1 is 1.21 bits per heavy atom. The van der Waals surface area contributed by atoms with Crippen molar-refractivity contribution in [2.24, 2.45) is 17.4 Å². The van der Waals surface area contributed by atoms with Crippen molar-refractivity contribution >= 4 is 29.3 Å². The molecule has 6 N–H and O–H groups in total. The first-order chi connectivity index (χ1) is 13.2. The maximum atomic E-state index is 11.7. The predicted octanol–water partition coefficient (Wildman–Crippen LogP) is 1.34. The average Bonchev–Trinajstić information content (AvgIpc) is 2.61. The number of nitrogens with zero attached hydrogens (tertiary/aromatic N) is 3. The number of hydrogen-bond acceptors (Lipinski definition) is 8. The van der Waals surface area contributed by atoms with Gasteiger partial charge in [0.2, 0.25) is 11.9 Å². The van der Waals surface area contributed by atoms with Gasteiger partial charge in [0.1, 0.15) is 11.8 Å². The Morgan fingerprint density at radius 2 is 1.93 bits per heavy atom. The molecule has 1 atom stereocenters. The third-order valence-corrected chi connectivity index (χ3v) is 3.93. The second-order valence-electron chi connectivity index (χ2n) is 6.74. The van der Waals surface area contributed by atoms with Gasteiger partial charge in [0, 0.05) is 5.69 Å². The molecular formula is C18H25N7O3. The molecule has 150 valence electrons. The Hall–Kier alpha value is -3.43. The molecule has 0 aliphatic rings. The van der Waals surface area contributed by atoms with Crippen molar-refractivity contribution < 1.29 is 14.3 Å². The summed E-state index contributed by atoms with van der Waals surface area (Å²) in [6.45, 7) is 5.81. The zero-order chi connectivity index (χ0) is 20.8. The van der Waals surface area contributed by atoms with Crippen LogP contribution in [0.1, 0.15) is 36.3 Å². The highest BCUT2D eigenvalue weighted by molar-refractivity contribution is 5.96. The van der Waals surface area contributed by atoms with E-state index in [1.807, 2.05) is 26.8 Å². The molecule has 1 aromatic heterocycles. The van der Waals surface area contributed by atoms with Crippen LogP contribution >= 0.6 is 0 Å². The van der Waals surface area contributed by atoms with Gasteiger partial charge in [-0.2, -0.15) is 4.98 Å². The van der Waals surface area contributed by atoms with E-state index in [-0.39, 0.29) is 23.4 Å². The zero-order valence-electron chi connectivity index (χ0n) is 16.3. The highest BCUT2D eigenvalue weighted by Crippen LogP contribution is 2.25. The number of anilines is 3. The Morgan fingerprint density at radius 3 is 2.46 bits per heavy atom. The Kier molecular flexibility index (Phi) is 6.69. The summed E-state index contributed by atoms with van der Waals surface area (Å²) >= 11 is 0. The number of carbonyl (C=O) groups is 2. The number of nitrogens with two attached hydrogens (primary N) is 2. The van der Waals surface area contributed by atoms with Gasteiger partial charge in [0.05, 0.1) is 7.11 Å². The number of carbonyl (C=O) groups excluding carboxylic acids is 2. The largest absolute Gasteiger partial charge is 0.496 e. The van der Waals surface area contributed by atoms with Gasteiger partial charge in [-0.3, -0.25) is 9.59 Å². The second-order valence-corrected chi connectivity index (χ2v) is 6.74. The minimum atomic E-state index is -0.784. The normalized spacial score (nSPS) is 11.8. The van der Waals surface area contributed by atoms with Gasteiger partial charge in [0.25, 0.3) is 5.91 Å². The number of hydrogen-bond donors (Lipinski definition) is 4. The summed E-state index contributed by atoms with van der Waals surface area (Å²) in [6.07, 6.45) is 0.497. The molecule has 10 nitrogen and oxygen atoms in total. The van der Waals surface area contributed by atoms with Crippen molar-refractivity contribution in [2.45, 2.75) is 33.2 Å². The van der Waals surface area contributed by atoms with E-state index in [1.165, 1.54) is 0 Å².